The van der Waals surface area contributed by atoms with E-state index in [-0.39, 0.29) is 0 Å². The monoisotopic (exact) mass is 538 g/mol. The number of nitrogens with one attached hydrogen (secondary N) is 1. The minimum Gasteiger partial charge on any atom is -0.300 e. The Morgan fingerprint density at radius 2 is 1.97 bits per heavy atom. The van der Waals surface area contributed by atoms with Crippen molar-refractivity contribution in [3.05, 3.63) is 56.1 Å². The molecular weight excluding hydrogens is 524 g/mol. The van der Waals surface area contributed by atoms with Gasteiger partial charge in [-0.15, -0.1) is 10.2 Å². The first kappa shape index (κ1) is 20.2. The highest BCUT2D eigenvalue weighted by Gasteiger charge is 2.18. The molecule has 11 heteroatoms. The summed E-state index contributed by atoms with van der Waals surface area (Å²) in [5.74, 6) is 1.49. The van der Waals surface area contributed by atoms with Crippen molar-refractivity contribution in [3.8, 4) is 17.2 Å². The predicted molar refractivity (Wildman–Crippen MR) is 117 cm³/mol. The lowest BCUT2D eigenvalue weighted by molar-refractivity contribution is 0.618. The molecule has 0 saturated carbocycles. The largest absolute Gasteiger partial charge is 0.300 e. The zero-order chi connectivity index (χ0) is 20.4. The lowest BCUT2D eigenvalue weighted by Gasteiger charge is -2.11. The first-order valence-corrected chi connectivity index (χ1v) is 11.0. The van der Waals surface area contributed by atoms with Gasteiger partial charge >= 0.3 is 0 Å². The molecule has 1 aromatic carbocycles. The maximum Gasteiger partial charge on any atom is 0.242 e. The molecule has 0 aliphatic carbocycles. The number of hydrogen-bond donors (Lipinski definition) is 1. The number of nitrogens with zero attached hydrogens (tertiary/aromatic N) is 7. The zero-order valence-corrected chi connectivity index (χ0v) is 19.4. The second-order valence-electron chi connectivity index (χ2n) is 6.47. The summed E-state index contributed by atoms with van der Waals surface area (Å²) in [6.45, 7) is 2.77. The average molecular weight is 541 g/mol. The van der Waals surface area contributed by atoms with E-state index in [1.54, 1.807) is 0 Å². The number of aryl methyl sites for hydroxylation is 1. The van der Waals surface area contributed by atoms with Crippen LogP contribution in [0.4, 0.5) is 0 Å². The van der Waals surface area contributed by atoms with Crippen molar-refractivity contribution < 1.29 is 0 Å². The fourth-order valence-electron chi connectivity index (χ4n) is 3.10. The Kier molecular flexibility index (Phi) is 6.12. The highest BCUT2D eigenvalue weighted by atomic mass is 79.9. The Balaban J connectivity index is 1.62. The van der Waals surface area contributed by atoms with E-state index in [1.165, 1.54) is 0 Å². The summed E-state index contributed by atoms with van der Waals surface area (Å²) in [6, 6.07) is 10.2. The van der Waals surface area contributed by atoms with E-state index in [0.717, 1.165) is 51.1 Å². The maximum atomic E-state index is 6.03. The van der Waals surface area contributed by atoms with Gasteiger partial charge in [0.2, 0.25) is 5.28 Å². The van der Waals surface area contributed by atoms with Gasteiger partial charge in [-0.1, -0.05) is 25.5 Å². The topological polar surface area (TPSA) is 90.1 Å². The molecule has 29 heavy (non-hydrogen) atoms. The van der Waals surface area contributed by atoms with Crippen LogP contribution in [0.1, 0.15) is 31.2 Å². The SMILES string of the molecule is CCCCc1nc(Cl)nn1Cc1ccc(-n2c(Br)cc(Br)c2-c2nnn[nH]2)cc1. The quantitative estimate of drug-likeness (QED) is 0.363. The third-order valence-corrected chi connectivity index (χ3v) is 5.83. The molecule has 3 heterocycles. The smallest absolute Gasteiger partial charge is 0.242 e. The number of unbranched alkanes of at least 4 members (excludes halogenated alkanes) is 1. The molecule has 4 aromatic rings. The van der Waals surface area contributed by atoms with E-state index >= 15 is 0 Å². The second-order valence-corrected chi connectivity index (χ2v) is 8.48. The molecule has 0 bridgehead atoms. The summed E-state index contributed by atoms with van der Waals surface area (Å²) < 4.78 is 5.66. The number of halogens is 3. The van der Waals surface area contributed by atoms with Gasteiger partial charge in [0.05, 0.1) is 11.1 Å². The third kappa shape index (κ3) is 4.29. The average Bonchev–Trinajstić information content (AvgIpc) is 3.40. The van der Waals surface area contributed by atoms with Gasteiger partial charge in [-0.3, -0.25) is 4.57 Å². The first-order valence-electron chi connectivity index (χ1n) is 9.06. The van der Waals surface area contributed by atoms with Crippen molar-refractivity contribution in [2.45, 2.75) is 32.7 Å². The molecule has 0 aliphatic heterocycles. The van der Waals surface area contributed by atoms with Gasteiger partial charge in [-0.05, 0) is 84.1 Å². The van der Waals surface area contributed by atoms with E-state index in [9.17, 15) is 0 Å². The van der Waals surface area contributed by atoms with E-state index in [4.69, 9.17) is 11.6 Å². The standard InChI is InChI=1S/C18H17Br2ClN8/c1-2-3-4-15-22-18(21)25-28(15)10-11-5-7-12(8-6-11)29-14(20)9-13(19)16(29)17-23-26-27-24-17/h5-9H,2-4,10H2,1H3,(H,23,24,26,27). The normalized spacial score (nSPS) is 11.3. The fourth-order valence-corrected chi connectivity index (χ4v) is 4.78. The molecule has 3 aromatic heterocycles. The summed E-state index contributed by atoms with van der Waals surface area (Å²) in [5.41, 5.74) is 2.92. The lowest BCUT2D eigenvalue weighted by atomic mass is 10.2. The molecule has 0 saturated heterocycles. The molecular formula is C18H17Br2ClN8. The zero-order valence-electron chi connectivity index (χ0n) is 15.5. The van der Waals surface area contributed by atoms with Gasteiger partial charge in [0.15, 0.2) is 5.82 Å². The van der Waals surface area contributed by atoms with Gasteiger partial charge in [0.1, 0.15) is 11.5 Å². The Labute approximate surface area is 188 Å². The molecule has 0 fully saturated rings. The van der Waals surface area contributed by atoms with Crippen LogP contribution in [0, 0.1) is 0 Å². The maximum absolute atomic E-state index is 6.03. The molecule has 0 amide bonds. The summed E-state index contributed by atoms with van der Waals surface area (Å²) in [4.78, 5) is 4.34. The van der Waals surface area contributed by atoms with Crippen molar-refractivity contribution in [2.24, 2.45) is 0 Å². The number of hydrogen-bond acceptors (Lipinski definition) is 5. The van der Waals surface area contributed by atoms with Gasteiger partial charge in [-0.25, -0.2) is 14.8 Å². The number of tetrazole rings is 1. The molecule has 150 valence electrons. The van der Waals surface area contributed by atoms with Crippen LogP contribution in [0.3, 0.4) is 0 Å². The van der Waals surface area contributed by atoms with Gasteiger partial charge in [0, 0.05) is 16.6 Å². The molecule has 0 aliphatic rings. The van der Waals surface area contributed by atoms with E-state index < -0.39 is 0 Å². The van der Waals surface area contributed by atoms with Crippen molar-refractivity contribution in [1.29, 1.82) is 0 Å². The van der Waals surface area contributed by atoms with Crippen LogP contribution in [0.5, 0.6) is 0 Å². The van der Waals surface area contributed by atoms with Crippen molar-refractivity contribution >= 4 is 43.5 Å². The van der Waals surface area contributed by atoms with E-state index in [2.05, 4.69) is 81.6 Å². The van der Waals surface area contributed by atoms with Crippen LogP contribution in [0.25, 0.3) is 17.2 Å². The number of aromatic nitrogens is 8. The van der Waals surface area contributed by atoms with Crippen LogP contribution in [-0.2, 0) is 13.0 Å². The van der Waals surface area contributed by atoms with Gasteiger partial charge in [-0.2, -0.15) is 0 Å². The Morgan fingerprint density at radius 3 is 2.66 bits per heavy atom. The highest BCUT2D eigenvalue weighted by Crippen LogP contribution is 2.34. The van der Waals surface area contributed by atoms with Crippen LogP contribution >= 0.6 is 43.5 Å². The summed E-state index contributed by atoms with van der Waals surface area (Å²) in [5, 5.41) is 18.8. The third-order valence-electron chi connectivity index (χ3n) is 4.48. The van der Waals surface area contributed by atoms with Gasteiger partial charge in [0.25, 0.3) is 0 Å². The number of H-pyrrole nitrogens is 1. The Morgan fingerprint density at radius 1 is 1.17 bits per heavy atom. The first-order chi connectivity index (χ1) is 14.1. The van der Waals surface area contributed by atoms with Crippen LogP contribution < -0.4 is 0 Å². The number of benzene rings is 1. The molecule has 1 N–H and O–H groups in total. The van der Waals surface area contributed by atoms with Crippen molar-refractivity contribution in [1.82, 2.24) is 40.0 Å². The summed E-state index contributed by atoms with van der Waals surface area (Å²) in [6.07, 6.45) is 3.03. The summed E-state index contributed by atoms with van der Waals surface area (Å²) >= 11 is 13.2. The minimum atomic E-state index is 0.291. The lowest BCUT2D eigenvalue weighted by Crippen LogP contribution is -2.07. The number of aromatic amines is 1. The minimum absolute atomic E-state index is 0.291. The molecule has 4 rings (SSSR count). The van der Waals surface area contributed by atoms with Crippen molar-refractivity contribution in [2.75, 3.05) is 0 Å². The van der Waals surface area contributed by atoms with E-state index in [1.807, 2.05) is 27.4 Å². The van der Waals surface area contributed by atoms with E-state index in [0.29, 0.717) is 17.7 Å². The summed E-state index contributed by atoms with van der Waals surface area (Å²) in [7, 11) is 0. The second kappa shape index (κ2) is 8.76. The molecule has 0 spiro atoms. The Bertz CT molecular complexity index is 1100. The number of rotatable bonds is 7. The molecule has 8 nitrogen and oxygen atoms in total. The predicted octanol–water partition coefficient (Wildman–Crippen LogP) is 4.82. The fraction of sp³-hybridized carbons (Fsp3) is 0.278. The van der Waals surface area contributed by atoms with Crippen LogP contribution in [-0.4, -0.2) is 40.0 Å². The van der Waals surface area contributed by atoms with Crippen LogP contribution in [0.15, 0.2) is 39.4 Å². The molecule has 0 atom stereocenters. The molecule has 0 radical (unpaired) electrons. The van der Waals surface area contributed by atoms with Crippen LogP contribution in [0.2, 0.25) is 5.28 Å². The Hall–Kier alpha value is -2.04. The van der Waals surface area contributed by atoms with Gasteiger partial charge < -0.3 is 0 Å². The highest BCUT2D eigenvalue weighted by molar-refractivity contribution is 9.11. The van der Waals surface area contributed by atoms with Crippen molar-refractivity contribution in [3.63, 3.8) is 0 Å². The molecule has 0 unspecified atom stereocenters.